The Morgan fingerprint density at radius 1 is 1.05 bits per heavy atom. The number of hydrogen-bond acceptors (Lipinski definition) is 1. The van der Waals surface area contributed by atoms with Gasteiger partial charge in [-0.15, -0.1) is 0 Å². The highest BCUT2D eigenvalue weighted by Gasteiger charge is 2.43. The summed E-state index contributed by atoms with van der Waals surface area (Å²) in [4.78, 5) is 10.9. The van der Waals surface area contributed by atoms with E-state index in [0.29, 0.717) is 0 Å². The number of aliphatic carboxylic acids is 1. The molecule has 2 aromatic rings. The molecule has 1 aliphatic carbocycles. The van der Waals surface area contributed by atoms with Gasteiger partial charge in [0.15, 0.2) is 0 Å². The molecule has 1 fully saturated rings. The average molecular weight is 266 g/mol. The van der Waals surface area contributed by atoms with Crippen molar-refractivity contribution < 1.29 is 9.90 Å². The molecule has 0 radical (unpaired) electrons. The third kappa shape index (κ3) is 2.46. The standard InChI is InChI=1S/C18H18O2/c1-2-12-3-5-13(6-4-12)14-7-9-15(10-8-14)16-11-17(16)18(19)20/h3-10,16-17H,2,11H2,1H3,(H,19,20)/t16-,17+/m1/s1. The number of carboxylic acid groups (broad SMARTS) is 1. The van der Waals surface area contributed by atoms with Crippen LogP contribution >= 0.6 is 0 Å². The lowest BCUT2D eigenvalue weighted by atomic mass is 10.0. The summed E-state index contributed by atoms with van der Waals surface area (Å²) in [5.74, 6) is -0.636. The fraction of sp³-hybridized carbons (Fsp3) is 0.278. The van der Waals surface area contributed by atoms with E-state index >= 15 is 0 Å². The Labute approximate surface area is 119 Å². The number of carbonyl (C=O) groups is 1. The van der Waals surface area contributed by atoms with Gasteiger partial charge in [0.25, 0.3) is 0 Å². The van der Waals surface area contributed by atoms with Crippen molar-refractivity contribution in [2.45, 2.75) is 25.7 Å². The van der Waals surface area contributed by atoms with Crippen molar-refractivity contribution in [3.63, 3.8) is 0 Å². The number of hydrogen-bond donors (Lipinski definition) is 1. The van der Waals surface area contributed by atoms with Gasteiger partial charge in [0.1, 0.15) is 0 Å². The first-order chi connectivity index (χ1) is 9.69. The van der Waals surface area contributed by atoms with Crippen molar-refractivity contribution in [1.29, 1.82) is 0 Å². The van der Waals surface area contributed by atoms with Gasteiger partial charge >= 0.3 is 5.97 Å². The van der Waals surface area contributed by atoms with Gasteiger partial charge in [-0.3, -0.25) is 4.79 Å². The van der Waals surface area contributed by atoms with Gasteiger partial charge in [-0.1, -0.05) is 55.5 Å². The van der Waals surface area contributed by atoms with Gasteiger partial charge < -0.3 is 5.11 Å². The maximum atomic E-state index is 10.9. The van der Waals surface area contributed by atoms with Crippen molar-refractivity contribution in [2.75, 3.05) is 0 Å². The van der Waals surface area contributed by atoms with E-state index in [9.17, 15) is 4.79 Å². The summed E-state index contributed by atoms with van der Waals surface area (Å²) in [7, 11) is 0. The summed E-state index contributed by atoms with van der Waals surface area (Å²) < 4.78 is 0. The SMILES string of the molecule is CCc1ccc(-c2ccc([C@H]3C[C@@H]3C(=O)O)cc2)cc1. The van der Waals surface area contributed by atoms with E-state index in [1.54, 1.807) is 0 Å². The zero-order valence-corrected chi connectivity index (χ0v) is 11.5. The average Bonchev–Trinajstić information content (AvgIpc) is 3.28. The molecular formula is C18H18O2. The predicted octanol–water partition coefficient (Wildman–Crippen LogP) is 4.10. The van der Waals surface area contributed by atoms with Crippen molar-refractivity contribution >= 4 is 5.97 Å². The lowest BCUT2D eigenvalue weighted by molar-refractivity contribution is -0.138. The lowest BCUT2D eigenvalue weighted by Gasteiger charge is -2.05. The first-order valence-electron chi connectivity index (χ1n) is 7.11. The topological polar surface area (TPSA) is 37.3 Å². The molecule has 0 amide bonds. The Kier molecular flexibility index (Phi) is 3.31. The van der Waals surface area contributed by atoms with Crippen LogP contribution in [0.15, 0.2) is 48.5 Å². The molecule has 1 aliphatic rings. The molecule has 0 saturated heterocycles. The smallest absolute Gasteiger partial charge is 0.307 e. The summed E-state index contributed by atoms with van der Waals surface area (Å²) in [5, 5.41) is 8.97. The fourth-order valence-corrected chi connectivity index (χ4v) is 2.69. The molecule has 0 aromatic heterocycles. The molecule has 0 heterocycles. The van der Waals surface area contributed by atoms with Crippen molar-refractivity contribution in [3.05, 3.63) is 59.7 Å². The van der Waals surface area contributed by atoms with Crippen LogP contribution in [0.4, 0.5) is 0 Å². The first-order valence-corrected chi connectivity index (χ1v) is 7.11. The minimum Gasteiger partial charge on any atom is -0.481 e. The highest BCUT2D eigenvalue weighted by atomic mass is 16.4. The molecule has 1 N–H and O–H groups in total. The highest BCUT2D eigenvalue weighted by molar-refractivity contribution is 5.75. The van der Waals surface area contributed by atoms with Crippen LogP contribution in [0.25, 0.3) is 11.1 Å². The third-order valence-electron chi connectivity index (χ3n) is 4.14. The van der Waals surface area contributed by atoms with Gasteiger partial charge in [0.2, 0.25) is 0 Å². The molecule has 0 bridgehead atoms. The van der Waals surface area contributed by atoms with Crippen molar-refractivity contribution in [2.24, 2.45) is 5.92 Å². The molecule has 0 aliphatic heterocycles. The van der Waals surface area contributed by atoms with Crippen LogP contribution in [0.1, 0.15) is 30.4 Å². The molecule has 2 nitrogen and oxygen atoms in total. The largest absolute Gasteiger partial charge is 0.481 e. The van der Waals surface area contributed by atoms with Crippen LogP contribution in [0.3, 0.4) is 0 Å². The molecule has 20 heavy (non-hydrogen) atoms. The maximum absolute atomic E-state index is 10.9. The van der Waals surface area contributed by atoms with Crippen LogP contribution in [0.2, 0.25) is 0 Å². The predicted molar refractivity (Wildman–Crippen MR) is 79.7 cm³/mol. The van der Waals surface area contributed by atoms with Crippen LogP contribution in [-0.2, 0) is 11.2 Å². The van der Waals surface area contributed by atoms with Crippen LogP contribution < -0.4 is 0 Å². The zero-order chi connectivity index (χ0) is 14.1. The molecule has 3 rings (SSSR count). The van der Waals surface area contributed by atoms with E-state index in [2.05, 4.69) is 55.5 Å². The first kappa shape index (κ1) is 12.9. The fourth-order valence-electron chi connectivity index (χ4n) is 2.69. The molecular weight excluding hydrogens is 248 g/mol. The Bertz CT molecular complexity index is 611. The van der Waals surface area contributed by atoms with Crippen molar-refractivity contribution in [1.82, 2.24) is 0 Å². The van der Waals surface area contributed by atoms with Gasteiger partial charge in [-0.2, -0.15) is 0 Å². The summed E-state index contributed by atoms with van der Waals surface area (Å²) in [5.41, 5.74) is 4.88. The van der Waals surface area contributed by atoms with Crippen LogP contribution in [-0.4, -0.2) is 11.1 Å². The highest BCUT2D eigenvalue weighted by Crippen LogP contribution is 2.47. The van der Waals surface area contributed by atoms with Gasteiger partial charge in [-0.05, 0) is 41.0 Å². The van der Waals surface area contributed by atoms with Gasteiger partial charge in [-0.25, -0.2) is 0 Å². The molecule has 2 heteroatoms. The second kappa shape index (κ2) is 5.12. The second-order valence-corrected chi connectivity index (χ2v) is 5.46. The van der Waals surface area contributed by atoms with E-state index in [4.69, 9.17) is 5.11 Å². The van der Waals surface area contributed by atoms with E-state index in [1.807, 2.05) is 0 Å². The van der Waals surface area contributed by atoms with E-state index in [0.717, 1.165) is 18.4 Å². The molecule has 102 valence electrons. The quantitative estimate of drug-likeness (QED) is 0.904. The lowest BCUT2D eigenvalue weighted by Crippen LogP contribution is -1.98. The van der Waals surface area contributed by atoms with E-state index < -0.39 is 5.97 Å². The van der Waals surface area contributed by atoms with E-state index in [1.165, 1.54) is 16.7 Å². The molecule has 0 spiro atoms. The summed E-state index contributed by atoms with van der Waals surface area (Å²) >= 11 is 0. The Balaban J connectivity index is 1.77. The minimum atomic E-state index is -0.672. The second-order valence-electron chi connectivity index (χ2n) is 5.46. The van der Waals surface area contributed by atoms with Crippen LogP contribution in [0.5, 0.6) is 0 Å². The minimum absolute atomic E-state index is 0.176. The maximum Gasteiger partial charge on any atom is 0.307 e. The number of aryl methyl sites for hydroxylation is 1. The summed E-state index contributed by atoms with van der Waals surface area (Å²) in [6.45, 7) is 2.15. The van der Waals surface area contributed by atoms with Gasteiger partial charge in [0.05, 0.1) is 5.92 Å². The number of benzene rings is 2. The zero-order valence-electron chi connectivity index (χ0n) is 11.5. The van der Waals surface area contributed by atoms with Gasteiger partial charge in [0, 0.05) is 0 Å². The molecule has 2 aromatic carbocycles. The summed E-state index contributed by atoms with van der Waals surface area (Å²) in [6.07, 6.45) is 1.83. The molecule has 0 unspecified atom stereocenters. The number of carboxylic acids is 1. The third-order valence-corrected chi connectivity index (χ3v) is 4.14. The Hall–Kier alpha value is -2.09. The molecule has 1 saturated carbocycles. The Morgan fingerprint density at radius 2 is 1.60 bits per heavy atom. The van der Waals surface area contributed by atoms with Crippen LogP contribution in [0, 0.1) is 5.92 Å². The van der Waals surface area contributed by atoms with E-state index in [-0.39, 0.29) is 11.8 Å². The number of rotatable bonds is 4. The molecule has 2 atom stereocenters. The Morgan fingerprint density at radius 3 is 2.05 bits per heavy atom. The summed E-state index contributed by atoms with van der Waals surface area (Å²) in [6, 6.07) is 16.9. The normalized spacial score (nSPS) is 20.6. The monoisotopic (exact) mass is 266 g/mol. The van der Waals surface area contributed by atoms with Crippen molar-refractivity contribution in [3.8, 4) is 11.1 Å².